The fraction of sp³-hybridized carbons (Fsp3) is 0.192. The molecule has 0 heterocycles. The SMILES string of the molecule is COC(=O)C(C(=O)OC)C(=O)c1cc(OCc2ccccc2)cc(OCc2ccccc2)c1. The molecule has 3 aromatic carbocycles. The van der Waals surface area contributed by atoms with Crippen LogP contribution >= 0.6 is 0 Å². The van der Waals surface area contributed by atoms with E-state index < -0.39 is 23.6 Å². The lowest BCUT2D eigenvalue weighted by Gasteiger charge is -2.15. The van der Waals surface area contributed by atoms with Crippen LogP contribution < -0.4 is 9.47 Å². The van der Waals surface area contributed by atoms with Gasteiger partial charge in [0.05, 0.1) is 14.2 Å². The molecule has 0 aliphatic heterocycles. The molecule has 0 N–H and O–H groups in total. The van der Waals surface area contributed by atoms with Crippen LogP contribution in [0.3, 0.4) is 0 Å². The Hall–Kier alpha value is -4.13. The molecule has 0 unspecified atom stereocenters. The molecule has 0 bridgehead atoms. The van der Waals surface area contributed by atoms with Gasteiger partial charge < -0.3 is 18.9 Å². The summed E-state index contributed by atoms with van der Waals surface area (Å²) in [5.74, 6) is -3.83. The van der Waals surface area contributed by atoms with Crippen LogP contribution in [-0.2, 0) is 32.3 Å². The summed E-state index contributed by atoms with van der Waals surface area (Å²) in [7, 11) is 2.19. The van der Waals surface area contributed by atoms with Gasteiger partial charge in [-0.05, 0) is 23.3 Å². The van der Waals surface area contributed by atoms with Crippen molar-refractivity contribution in [3.05, 3.63) is 95.6 Å². The predicted molar refractivity (Wildman–Crippen MR) is 120 cm³/mol. The number of carbonyl (C=O) groups is 3. The minimum atomic E-state index is -1.74. The first kappa shape index (κ1) is 23.5. The third-order valence-electron chi connectivity index (χ3n) is 4.80. The number of rotatable bonds is 10. The molecule has 170 valence electrons. The molecule has 0 aromatic heterocycles. The van der Waals surface area contributed by atoms with E-state index in [9.17, 15) is 14.4 Å². The fourth-order valence-electron chi connectivity index (χ4n) is 3.08. The van der Waals surface area contributed by atoms with Crippen molar-refractivity contribution in [2.45, 2.75) is 13.2 Å². The van der Waals surface area contributed by atoms with Crippen molar-refractivity contribution in [1.82, 2.24) is 0 Å². The number of ketones is 1. The zero-order valence-corrected chi connectivity index (χ0v) is 18.4. The van der Waals surface area contributed by atoms with E-state index in [1.165, 1.54) is 12.1 Å². The monoisotopic (exact) mass is 448 g/mol. The second-order valence-corrected chi connectivity index (χ2v) is 7.09. The summed E-state index contributed by atoms with van der Waals surface area (Å²) in [4.78, 5) is 37.3. The number of benzene rings is 3. The van der Waals surface area contributed by atoms with Gasteiger partial charge in [-0.1, -0.05) is 60.7 Å². The zero-order chi connectivity index (χ0) is 23.6. The van der Waals surface area contributed by atoms with Crippen LogP contribution in [0.25, 0.3) is 0 Å². The Morgan fingerprint density at radius 1 is 0.667 bits per heavy atom. The molecule has 0 atom stereocenters. The molecule has 0 amide bonds. The van der Waals surface area contributed by atoms with Gasteiger partial charge in [-0.15, -0.1) is 0 Å². The first-order chi connectivity index (χ1) is 16.0. The summed E-state index contributed by atoms with van der Waals surface area (Å²) in [6.07, 6.45) is 0. The maximum absolute atomic E-state index is 13.1. The molecule has 0 saturated heterocycles. The Labute approximate surface area is 191 Å². The van der Waals surface area contributed by atoms with E-state index >= 15 is 0 Å². The van der Waals surface area contributed by atoms with Gasteiger partial charge in [-0.2, -0.15) is 0 Å². The fourth-order valence-corrected chi connectivity index (χ4v) is 3.08. The standard InChI is InChI=1S/C26H24O7/c1-30-25(28)23(26(29)31-2)24(27)20-13-21(32-16-18-9-5-3-6-10-18)15-22(14-20)33-17-19-11-7-4-8-12-19/h3-15,23H,16-17H2,1-2H3. The molecule has 7 nitrogen and oxygen atoms in total. The Kier molecular flexibility index (Phi) is 8.18. The maximum Gasteiger partial charge on any atom is 0.328 e. The third kappa shape index (κ3) is 6.43. The topological polar surface area (TPSA) is 88.1 Å². The van der Waals surface area contributed by atoms with E-state index in [0.717, 1.165) is 25.3 Å². The average molecular weight is 448 g/mol. The van der Waals surface area contributed by atoms with E-state index in [0.29, 0.717) is 11.5 Å². The van der Waals surface area contributed by atoms with Crippen molar-refractivity contribution in [1.29, 1.82) is 0 Å². The summed E-state index contributed by atoms with van der Waals surface area (Å²) in [6, 6.07) is 23.6. The highest BCUT2D eigenvalue weighted by atomic mass is 16.5. The highest BCUT2D eigenvalue weighted by molar-refractivity contribution is 6.20. The highest BCUT2D eigenvalue weighted by Gasteiger charge is 2.37. The average Bonchev–Trinajstić information content (AvgIpc) is 2.87. The van der Waals surface area contributed by atoms with Gasteiger partial charge in [0.2, 0.25) is 5.92 Å². The number of esters is 2. The lowest BCUT2D eigenvalue weighted by molar-refractivity contribution is -0.155. The molecule has 0 radical (unpaired) electrons. The second-order valence-electron chi connectivity index (χ2n) is 7.09. The summed E-state index contributed by atoms with van der Waals surface area (Å²) < 4.78 is 21.0. The number of hydrogen-bond donors (Lipinski definition) is 0. The summed E-state index contributed by atoms with van der Waals surface area (Å²) >= 11 is 0. The normalized spacial score (nSPS) is 10.4. The summed E-state index contributed by atoms with van der Waals surface area (Å²) in [5.41, 5.74) is 1.93. The molecule has 3 aromatic rings. The largest absolute Gasteiger partial charge is 0.489 e. The summed E-state index contributed by atoms with van der Waals surface area (Å²) in [6.45, 7) is 0.516. The van der Waals surface area contributed by atoms with Crippen LogP contribution in [0.2, 0.25) is 0 Å². The predicted octanol–water partition coefficient (Wildman–Crippen LogP) is 3.99. The van der Waals surface area contributed by atoms with Gasteiger partial charge >= 0.3 is 11.9 Å². The van der Waals surface area contributed by atoms with Gasteiger partial charge in [0.15, 0.2) is 5.78 Å². The molecule has 3 rings (SSSR count). The van der Waals surface area contributed by atoms with E-state index in [4.69, 9.17) is 9.47 Å². The molecular weight excluding hydrogens is 424 g/mol. The van der Waals surface area contributed by atoms with Crippen molar-refractivity contribution < 1.29 is 33.3 Å². The van der Waals surface area contributed by atoms with Crippen LogP contribution in [0.4, 0.5) is 0 Å². The minimum absolute atomic E-state index is 0.0597. The Morgan fingerprint density at radius 3 is 1.48 bits per heavy atom. The van der Waals surface area contributed by atoms with Crippen LogP contribution in [0.15, 0.2) is 78.9 Å². The number of carbonyl (C=O) groups excluding carboxylic acids is 3. The van der Waals surface area contributed by atoms with Crippen molar-refractivity contribution in [3.8, 4) is 11.5 Å². The zero-order valence-electron chi connectivity index (χ0n) is 18.4. The smallest absolute Gasteiger partial charge is 0.328 e. The van der Waals surface area contributed by atoms with E-state index in [1.54, 1.807) is 6.07 Å². The number of hydrogen-bond acceptors (Lipinski definition) is 7. The molecule has 0 fully saturated rings. The highest BCUT2D eigenvalue weighted by Crippen LogP contribution is 2.27. The number of Topliss-reactive ketones (excluding diaryl/α,β-unsaturated/α-hetero) is 1. The van der Waals surface area contributed by atoms with E-state index in [-0.39, 0.29) is 18.8 Å². The van der Waals surface area contributed by atoms with Crippen molar-refractivity contribution in [3.63, 3.8) is 0 Å². The van der Waals surface area contributed by atoms with Crippen molar-refractivity contribution in [2.75, 3.05) is 14.2 Å². The molecule has 0 saturated carbocycles. The summed E-state index contributed by atoms with van der Waals surface area (Å²) in [5, 5.41) is 0. The van der Waals surface area contributed by atoms with Crippen LogP contribution in [0.1, 0.15) is 21.5 Å². The van der Waals surface area contributed by atoms with Gasteiger partial charge in [0, 0.05) is 11.6 Å². The first-order valence-electron chi connectivity index (χ1n) is 10.2. The maximum atomic E-state index is 13.1. The van der Waals surface area contributed by atoms with Crippen LogP contribution in [-0.4, -0.2) is 31.9 Å². The third-order valence-corrected chi connectivity index (χ3v) is 4.80. The second kappa shape index (κ2) is 11.5. The number of methoxy groups -OCH3 is 2. The molecule has 0 aliphatic carbocycles. The molecule has 33 heavy (non-hydrogen) atoms. The molecule has 0 spiro atoms. The Balaban J connectivity index is 1.90. The lowest BCUT2D eigenvalue weighted by atomic mass is 9.97. The van der Waals surface area contributed by atoms with Crippen LogP contribution in [0.5, 0.6) is 11.5 Å². The van der Waals surface area contributed by atoms with Crippen LogP contribution in [0, 0.1) is 5.92 Å². The van der Waals surface area contributed by atoms with Crippen molar-refractivity contribution >= 4 is 17.7 Å². The van der Waals surface area contributed by atoms with E-state index in [1.807, 2.05) is 60.7 Å². The Bertz CT molecular complexity index is 1020. The molecular formula is C26H24O7. The quantitative estimate of drug-likeness (QED) is 0.263. The number of ether oxygens (including phenoxy) is 4. The van der Waals surface area contributed by atoms with E-state index in [2.05, 4.69) is 9.47 Å². The van der Waals surface area contributed by atoms with Gasteiger partial charge in [-0.25, -0.2) is 0 Å². The van der Waals surface area contributed by atoms with Gasteiger partial charge in [0.1, 0.15) is 24.7 Å². The molecule has 7 heteroatoms. The van der Waals surface area contributed by atoms with Gasteiger partial charge in [-0.3, -0.25) is 14.4 Å². The van der Waals surface area contributed by atoms with Crippen molar-refractivity contribution in [2.24, 2.45) is 5.92 Å². The minimum Gasteiger partial charge on any atom is -0.489 e. The first-order valence-corrected chi connectivity index (χ1v) is 10.2. The van der Waals surface area contributed by atoms with Gasteiger partial charge in [0.25, 0.3) is 0 Å². The molecule has 0 aliphatic rings. The Morgan fingerprint density at radius 2 is 1.09 bits per heavy atom. The lowest BCUT2D eigenvalue weighted by Crippen LogP contribution is -2.33.